The lowest BCUT2D eigenvalue weighted by Crippen LogP contribution is -2.29. The number of carbonyl (C=O) groups excluding carboxylic acids is 3. The van der Waals surface area contributed by atoms with Gasteiger partial charge in [0.2, 0.25) is 0 Å². The Balaban J connectivity index is 1.26. The van der Waals surface area contributed by atoms with Gasteiger partial charge >= 0.3 is 6.03 Å². The summed E-state index contributed by atoms with van der Waals surface area (Å²) in [6.07, 6.45) is 2.03. The maximum Gasteiger partial charge on any atom is 0.319 e. The summed E-state index contributed by atoms with van der Waals surface area (Å²) in [7, 11) is 0. The third-order valence-electron chi connectivity index (χ3n) is 6.07. The van der Waals surface area contributed by atoms with E-state index in [0.29, 0.717) is 21.8 Å². The predicted octanol–water partition coefficient (Wildman–Crippen LogP) is 4.67. The Morgan fingerprint density at radius 1 is 1.03 bits per heavy atom. The summed E-state index contributed by atoms with van der Waals surface area (Å²) in [5.41, 5.74) is 3.30. The van der Waals surface area contributed by atoms with Crippen molar-refractivity contribution in [1.82, 2.24) is 15.2 Å². The minimum atomic E-state index is -1.15. The van der Waals surface area contributed by atoms with Crippen LogP contribution in [0.1, 0.15) is 47.8 Å². The van der Waals surface area contributed by atoms with E-state index >= 15 is 0 Å². The van der Waals surface area contributed by atoms with Crippen LogP contribution in [0.3, 0.4) is 0 Å². The van der Waals surface area contributed by atoms with Crippen molar-refractivity contribution >= 4 is 40.6 Å². The highest BCUT2D eigenvalue weighted by molar-refractivity contribution is 7.14. The monoisotopic (exact) mass is 527 g/mol. The fourth-order valence-electron chi connectivity index (χ4n) is 4.28. The number of anilines is 2. The van der Waals surface area contributed by atoms with Crippen molar-refractivity contribution in [3.05, 3.63) is 111 Å². The summed E-state index contributed by atoms with van der Waals surface area (Å²) in [5.74, 6) is -0.671. The number of carbonyl (C=O) groups is 3. The highest BCUT2D eigenvalue weighted by Gasteiger charge is 2.37. The molecule has 0 aliphatic carbocycles. The van der Waals surface area contributed by atoms with Crippen LogP contribution in [0.25, 0.3) is 0 Å². The van der Waals surface area contributed by atoms with Gasteiger partial charge in [0.1, 0.15) is 0 Å². The average Bonchev–Trinajstić information content (AvgIpc) is 3.46. The first-order valence-corrected chi connectivity index (χ1v) is 12.7. The molecule has 9 nitrogen and oxygen atoms in total. The molecule has 4 aromatic rings. The molecule has 0 bridgehead atoms. The van der Waals surface area contributed by atoms with E-state index in [2.05, 4.69) is 20.9 Å². The van der Waals surface area contributed by atoms with Crippen molar-refractivity contribution in [3.8, 4) is 0 Å². The first-order valence-electron chi connectivity index (χ1n) is 11.9. The molecule has 5 rings (SSSR count). The van der Waals surface area contributed by atoms with Crippen LogP contribution in [-0.4, -0.2) is 32.8 Å². The molecule has 10 heteroatoms. The highest BCUT2D eigenvalue weighted by atomic mass is 32.1. The number of fused-ring (bicyclic) bond motifs is 1. The molecule has 1 aliphatic heterocycles. The van der Waals surface area contributed by atoms with E-state index in [1.807, 2.05) is 37.3 Å². The Morgan fingerprint density at radius 3 is 2.61 bits per heavy atom. The molecule has 2 aromatic carbocycles. The molecule has 0 saturated heterocycles. The highest BCUT2D eigenvalue weighted by Crippen LogP contribution is 2.37. The van der Waals surface area contributed by atoms with E-state index in [4.69, 9.17) is 0 Å². The van der Waals surface area contributed by atoms with Crippen molar-refractivity contribution in [1.29, 1.82) is 0 Å². The average molecular weight is 528 g/mol. The number of hydrogen-bond donors (Lipinski definition) is 4. The second-order valence-electron chi connectivity index (χ2n) is 8.81. The molecule has 4 amide bonds. The van der Waals surface area contributed by atoms with Crippen molar-refractivity contribution in [3.63, 3.8) is 0 Å². The summed E-state index contributed by atoms with van der Waals surface area (Å²) in [6, 6.07) is 19.2. The zero-order chi connectivity index (χ0) is 26.6. The molecule has 1 aliphatic rings. The molecule has 3 heterocycles. The zero-order valence-electron chi connectivity index (χ0n) is 20.5. The fraction of sp³-hybridized carbons (Fsp3) is 0.143. The molecule has 1 atom stereocenters. The summed E-state index contributed by atoms with van der Waals surface area (Å²) >= 11 is 1.37. The number of thiophene rings is 1. The largest absolute Gasteiger partial charge is 0.369 e. The number of aliphatic hydroxyl groups excluding tert-OH is 1. The van der Waals surface area contributed by atoms with Gasteiger partial charge in [0.25, 0.3) is 11.8 Å². The van der Waals surface area contributed by atoms with Gasteiger partial charge in [-0.2, -0.15) is 0 Å². The number of rotatable bonds is 7. The number of aryl methyl sites for hydroxylation is 1. The van der Waals surface area contributed by atoms with Crippen molar-refractivity contribution < 1.29 is 19.5 Å². The number of aromatic nitrogens is 1. The number of nitrogens with zero attached hydrogens (tertiary/aromatic N) is 2. The lowest BCUT2D eigenvalue weighted by molar-refractivity contribution is 0.0137. The van der Waals surface area contributed by atoms with Crippen LogP contribution in [0.15, 0.2) is 79.1 Å². The second kappa shape index (κ2) is 10.8. The van der Waals surface area contributed by atoms with Crippen molar-refractivity contribution in [2.24, 2.45) is 0 Å². The number of aliphatic hydroxyl groups is 1. The SMILES string of the molecule is Cc1ccc(C(=O)Nc2cccc3c2C(=O)N(Cc2cccc(CNC(=O)Nc4cccnc4)c2)C3O)s1. The van der Waals surface area contributed by atoms with E-state index < -0.39 is 6.23 Å². The van der Waals surface area contributed by atoms with Gasteiger partial charge in [-0.05, 0) is 48.4 Å². The quantitative estimate of drug-likeness (QED) is 0.278. The Bertz CT molecular complexity index is 1500. The standard InChI is InChI=1S/C28H25N5O4S/c1-17-10-11-23(38-17)25(34)32-22-9-3-8-21-24(22)27(36)33(26(21)35)16-19-6-2-5-18(13-19)14-30-28(37)31-20-7-4-12-29-15-20/h2-13,15,26,35H,14,16H2,1H3,(H,32,34)(H2,30,31,37). The van der Waals surface area contributed by atoms with Crippen LogP contribution in [0, 0.1) is 6.92 Å². The van der Waals surface area contributed by atoms with Gasteiger partial charge < -0.3 is 26.0 Å². The Labute approximate surface area is 223 Å². The molecular formula is C28H25N5O4S. The van der Waals surface area contributed by atoms with E-state index in [1.54, 1.807) is 48.8 Å². The summed E-state index contributed by atoms with van der Waals surface area (Å²) in [5, 5.41) is 19.3. The third-order valence-corrected chi connectivity index (χ3v) is 7.07. The van der Waals surface area contributed by atoms with Gasteiger partial charge in [0.15, 0.2) is 6.23 Å². The Hall–Kier alpha value is -4.54. The van der Waals surface area contributed by atoms with E-state index in [0.717, 1.165) is 16.0 Å². The molecular weight excluding hydrogens is 502 g/mol. The minimum absolute atomic E-state index is 0.155. The topological polar surface area (TPSA) is 124 Å². The zero-order valence-corrected chi connectivity index (χ0v) is 21.3. The van der Waals surface area contributed by atoms with Gasteiger partial charge in [0, 0.05) is 29.7 Å². The number of pyridine rings is 1. The first kappa shape index (κ1) is 25.1. The second-order valence-corrected chi connectivity index (χ2v) is 10.1. The molecule has 0 fully saturated rings. The molecule has 2 aromatic heterocycles. The van der Waals surface area contributed by atoms with Crippen LogP contribution >= 0.6 is 11.3 Å². The lowest BCUT2D eigenvalue weighted by Gasteiger charge is -2.21. The normalized spacial score (nSPS) is 14.2. The van der Waals surface area contributed by atoms with E-state index in [9.17, 15) is 19.5 Å². The molecule has 38 heavy (non-hydrogen) atoms. The van der Waals surface area contributed by atoms with E-state index in [-0.39, 0.29) is 36.5 Å². The molecule has 0 spiro atoms. The van der Waals surface area contributed by atoms with Gasteiger partial charge in [-0.15, -0.1) is 11.3 Å². The van der Waals surface area contributed by atoms with Gasteiger partial charge in [0.05, 0.1) is 28.0 Å². The van der Waals surface area contributed by atoms with Crippen LogP contribution in [0.5, 0.6) is 0 Å². The fourth-order valence-corrected chi connectivity index (χ4v) is 5.04. The molecule has 192 valence electrons. The van der Waals surface area contributed by atoms with Gasteiger partial charge in [-0.25, -0.2) is 4.79 Å². The van der Waals surface area contributed by atoms with Gasteiger partial charge in [-0.1, -0.05) is 36.4 Å². The number of benzene rings is 2. The maximum atomic E-state index is 13.4. The minimum Gasteiger partial charge on any atom is -0.369 e. The Morgan fingerprint density at radius 2 is 1.84 bits per heavy atom. The maximum absolute atomic E-state index is 13.4. The lowest BCUT2D eigenvalue weighted by atomic mass is 10.1. The van der Waals surface area contributed by atoms with Crippen LogP contribution in [-0.2, 0) is 13.1 Å². The molecule has 4 N–H and O–H groups in total. The van der Waals surface area contributed by atoms with Crippen molar-refractivity contribution in [2.45, 2.75) is 26.2 Å². The summed E-state index contributed by atoms with van der Waals surface area (Å²) < 4.78 is 0. The van der Waals surface area contributed by atoms with Gasteiger partial charge in [-0.3, -0.25) is 14.6 Å². The van der Waals surface area contributed by atoms with Crippen LogP contribution in [0.4, 0.5) is 16.2 Å². The number of nitrogens with one attached hydrogen (secondary N) is 3. The Kier molecular flexibility index (Phi) is 7.16. The van der Waals surface area contributed by atoms with Crippen molar-refractivity contribution in [2.75, 3.05) is 10.6 Å². The molecule has 0 saturated carbocycles. The number of amides is 4. The van der Waals surface area contributed by atoms with Crippen LogP contribution in [0.2, 0.25) is 0 Å². The molecule has 0 radical (unpaired) electrons. The third kappa shape index (κ3) is 5.41. The van der Waals surface area contributed by atoms with Crippen LogP contribution < -0.4 is 16.0 Å². The smallest absolute Gasteiger partial charge is 0.319 e. The summed E-state index contributed by atoms with van der Waals surface area (Å²) in [4.78, 5) is 45.2. The summed E-state index contributed by atoms with van der Waals surface area (Å²) in [6.45, 7) is 2.35. The predicted molar refractivity (Wildman–Crippen MR) is 145 cm³/mol. The van der Waals surface area contributed by atoms with E-state index in [1.165, 1.54) is 16.2 Å². The number of urea groups is 1. The molecule has 1 unspecified atom stereocenters. The first-order chi connectivity index (χ1) is 18.4. The number of hydrogen-bond acceptors (Lipinski definition) is 6.